The van der Waals surface area contributed by atoms with Crippen molar-refractivity contribution in [2.24, 2.45) is 5.92 Å². The van der Waals surface area contributed by atoms with Gasteiger partial charge in [-0.1, -0.05) is 19.1 Å². The summed E-state index contributed by atoms with van der Waals surface area (Å²) in [5, 5.41) is 23.7. The monoisotopic (exact) mass is 510 g/mol. The fourth-order valence-electron chi connectivity index (χ4n) is 4.35. The predicted molar refractivity (Wildman–Crippen MR) is 140 cm³/mol. The second kappa shape index (κ2) is 12.5. The van der Waals surface area contributed by atoms with E-state index >= 15 is 0 Å². The van der Waals surface area contributed by atoms with Crippen molar-refractivity contribution in [2.75, 3.05) is 37.6 Å². The number of amides is 2. The summed E-state index contributed by atoms with van der Waals surface area (Å²) in [7, 11) is 2.88. The highest BCUT2D eigenvalue weighted by Gasteiger charge is 2.52. The number of nitrogens with zero attached hydrogens (tertiary/aromatic N) is 1. The molecule has 0 radical (unpaired) electrons. The van der Waals surface area contributed by atoms with E-state index in [4.69, 9.17) is 9.84 Å². The molecule has 0 aliphatic carbocycles. The van der Waals surface area contributed by atoms with Gasteiger partial charge in [-0.3, -0.25) is 14.4 Å². The molecule has 2 aromatic carbocycles. The van der Waals surface area contributed by atoms with Crippen molar-refractivity contribution in [3.63, 3.8) is 0 Å². The SMILES string of the molecule is COC(=O)CCCCN1C(=O)[C@@](O)([C@@H](C)/C=C/CCO)c2cc(NC(=O)c3ccc(OC)cc3)ccc21. The lowest BCUT2D eigenvalue weighted by atomic mass is 9.82. The Balaban J connectivity index is 1.88. The maximum Gasteiger partial charge on any atom is 0.305 e. The van der Waals surface area contributed by atoms with E-state index in [1.54, 1.807) is 68.7 Å². The van der Waals surface area contributed by atoms with Crippen LogP contribution in [0.4, 0.5) is 11.4 Å². The number of carbonyl (C=O) groups excluding carboxylic acids is 3. The Morgan fingerprint density at radius 3 is 2.51 bits per heavy atom. The van der Waals surface area contributed by atoms with Crippen molar-refractivity contribution in [2.45, 2.75) is 38.2 Å². The number of hydrogen-bond donors (Lipinski definition) is 3. The van der Waals surface area contributed by atoms with E-state index in [9.17, 15) is 19.5 Å². The van der Waals surface area contributed by atoms with Crippen LogP contribution in [-0.4, -0.2) is 55.4 Å². The summed E-state index contributed by atoms with van der Waals surface area (Å²) in [6.45, 7) is 2.01. The Morgan fingerprint density at radius 1 is 1.14 bits per heavy atom. The van der Waals surface area contributed by atoms with E-state index in [0.717, 1.165) is 0 Å². The predicted octanol–water partition coefficient (Wildman–Crippen LogP) is 3.40. The number of nitrogens with one attached hydrogen (secondary N) is 1. The van der Waals surface area contributed by atoms with Crippen molar-refractivity contribution < 1.29 is 34.1 Å². The number of benzene rings is 2. The standard InChI is InChI=1S/C28H34N2O7/c1-19(8-5-7-17-31)28(35)23-18-21(29-26(33)20-10-13-22(36-2)14-11-20)12-15-24(23)30(27(28)34)16-6-4-9-25(32)37-3/h5,8,10-15,18-19,31,35H,4,6-7,9,16-17H2,1-3H3,(H,29,33)/b8-5+/t19-,28+/m0/s1. The highest BCUT2D eigenvalue weighted by molar-refractivity contribution is 6.09. The minimum atomic E-state index is -1.86. The van der Waals surface area contributed by atoms with Gasteiger partial charge in [-0.05, 0) is 61.7 Å². The molecule has 0 saturated carbocycles. The average Bonchev–Trinajstić information content (AvgIpc) is 3.13. The minimum Gasteiger partial charge on any atom is -0.497 e. The topological polar surface area (TPSA) is 125 Å². The van der Waals surface area contributed by atoms with Gasteiger partial charge in [0.05, 0.1) is 19.9 Å². The summed E-state index contributed by atoms with van der Waals surface area (Å²) >= 11 is 0. The molecule has 1 aliphatic rings. The van der Waals surface area contributed by atoms with E-state index in [1.807, 2.05) is 0 Å². The first-order chi connectivity index (χ1) is 17.8. The van der Waals surface area contributed by atoms with Crippen LogP contribution in [0.1, 0.15) is 48.5 Å². The van der Waals surface area contributed by atoms with Gasteiger partial charge in [0, 0.05) is 42.3 Å². The first-order valence-electron chi connectivity index (χ1n) is 12.2. The molecule has 9 nitrogen and oxygen atoms in total. The van der Waals surface area contributed by atoms with Gasteiger partial charge in [-0.25, -0.2) is 0 Å². The molecule has 198 valence electrons. The molecule has 0 bridgehead atoms. The Morgan fingerprint density at radius 2 is 1.86 bits per heavy atom. The number of hydrogen-bond acceptors (Lipinski definition) is 7. The van der Waals surface area contributed by atoms with Gasteiger partial charge in [0.2, 0.25) is 0 Å². The van der Waals surface area contributed by atoms with Crippen LogP contribution in [0, 0.1) is 5.92 Å². The summed E-state index contributed by atoms with van der Waals surface area (Å²) in [5.74, 6) is -1.10. The Hall–Kier alpha value is -3.69. The van der Waals surface area contributed by atoms with Gasteiger partial charge in [-0.2, -0.15) is 0 Å². The lowest BCUT2D eigenvalue weighted by Gasteiger charge is -2.28. The number of methoxy groups -OCH3 is 2. The highest BCUT2D eigenvalue weighted by Crippen LogP contribution is 2.46. The van der Waals surface area contributed by atoms with E-state index in [0.29, 0.717) is 54.1 Å². The third kappa shape index (κ3) is 6.18. The van der Waals surface area contributed by atoms with Crippen molar-refractivity contribution in [3.8, 4) is 5.75 Å². The molecule has 1 heterocycles. The number of esters is 1. The van der Waals surface area contributed by atoms with Crippen molar-refractivity contribution >= 4 is 29.2 Å². The molecule has 2 atom stereocenters. The lowest BCUT2D eigenvalue weighted by Crippen LogP contribution is -2.44. The number of carbonyl (C=O) groups is 3. The third-order valence-electron chi connectivity index (χ3n) is 6.50. The van der Waals surface area contributed by atoms with E-state index < -0.39 is 17.4 Å². The quantitative estimate of drug-likeness (QED) is 0.227. The van der Waals surface area contributed by atoms with Gasteiger partial charge >= 0.3 is 5.97 Å². The molecule has 1 aliphatic heterocycles. The molecule has 37 heavy (non-hydrogen) atoms. The lowest BCUT2D eigenvalue weighted by molar-refractivity contribution is -0.140. The number of anilines is 2. The smallest absolute Gasteiger partial charge is 0.305 e. The van der Waals surface area contributed by atoms with E-state index in [2.05, 4.69) is 10.1 Å². The fraction of sp³-hybridized carbons (Fsp3) is 0.393. The Labute approximate surface area is 216 Å². The van der Waals surface area contributed by atoms with E-state index in [-0.39, 0.29) is 24.9 Å². The number of rotatable bonds is 12. The first kappa shape index (κ1) is 27.9. The highest BCUT2D eigenvalue weighted by atomic mass is 16.5. The summed E-state index contributed by atoms with van der Waals surface area (Å²) in [6, 6.07) is 11.7. The zero-order valence-electron chi connectivity index (χ0n) is 21.4. The molecule has 0 saturated heterocycles. The van der Waals surface area contributed by atoms with Crippen molar-refractivity contribution in [3.05, 3.63) is 65.7 Å². The first-order valence-corrected chi connectivity index (χ1v) is 12.2. The number of aliphatic hydroxyl groups excluding tert-OH is 1. The van der Waals surface area contributed by atoms with Gasteiger partial charge in [-0.15, -0.1) is 0 Å². The van der Waals surface area contributed by atoms with Gasteiger partial charge in [0.15, 0.2) is 5.60 Å². The maximum atomic E-state index is 13.6. The molecule has 2 aromatic rings. The zero-order chi connectivity index (χ0) is 27.0. The molecule has 0 aromatic heterocycles. The Bertz CT molecular complexity index is 1150. The molecular weight excluding hydrogens is 476 g/mol. The summed E-state index contributed by atoms with van der Waals surface area (Å²) in [4.78, 5) is 39.3. The third-order valence-corrected chi connectivity index (χ3v) is 6.50. The Kier molecular flexibility index (Phi) is 9.43. The summed E-state index contributed by atoms with van der Waals surface area (Å²) in [5.41, 5.74) is -0.0515. The molecule has 0 spiro atoms. The van der Waals surface area contributed by atoms with Crippen LogP contribution >= 0.6 is 0 Å². The average molecular weight is 511 g/mol. The van der Waals surface area contributed by atoms with Crippen LogP contribution in [-0.2, 0) is 19.9 Å². The van der Waals surface area contributed by atoms with Crippen molar-refractivity contribution in [1.82, 2.24) is 0 Å². The van der Waals surface area contributed by atoms with Crippen LogP contribution in [0.2, 0.25) is 0 Å². The number of fused-ring (bicyclic) bond motifs is 1. The largest absolute Gasteiger partial charge is 0.497 e. The molecule has 3 rings (SSSR count). The van der Waals surface area contributed by atoms with Crippen LogP contribution in [0.3, 0.4) is 0 Å². The minimum absolute atomic E-state index is 0.0416. The second-order valence-corrected chi connectivity index (χ2v) is 8.90. The number of aliphatic hydroxyl groups is 2. The van der Waals surface area contributed by atoms with Gasteiger partial charge in [0.25, 0.3) is 11.8 Å². The van der Waals surface area contributed by atoms with Crippen molar-refractivity contribution in [1.29, 1.82) is 0 Å². The maximum absolute atomic E-state index is 13.6. The summed E-state index contributed by atoms with van der Waals surface area (Å²) in [6.07, 6.45) is 5.15. The fourth-order valence-corrected chi connectivity index (χ4v) is 4.35. The number of unbranched alkanes of at least 4 members (excludes halogenated alkanes) is 1. The van der Waals surface area contributed by atoms with Crippen LogP contribution in [0.15, 0.2) is 54.6 Å². The summed E-state index contributed by atoms with van der Waals surface area (Å²) < 4.78 is 9.81. The molecule has 2 amide bonds. The molecule has 0 fully saturated rings. The number of ether oxygens (including phenoxy) is 2. The van der Waals surface area contributed by atoms with Gasteiger partial charge in [0.1, 0.15) is 5.75 Å². The van der Waals surface area contributed by atoms with E-state index in [1.165, 1.54) is 12.0 Å². The molecule has 0 unspecified atom stereocenters. The zero-order valence-corrected chi connectivity index (χ0v) is 21.4. The normalized spacial score (nSPS) is 17.5. The molecule has 3 N–H and O–H groups in total. The van der Waals surface area contributed by atoms with Crippen LogP contribution in [0.25, 0.3) is 0 Å². The second-order valence-electron chi connectivity index (χ2n) is 8.90. The van der Waals surface area contributed by atoms with Gasteiger partial charge < -0.3 is 29.9 Å². The molecular formula is C28H34N2O7. The van der Waals surface area contributed by atoms with Crippen LogP contribution in [0.5, 0.6) is 5.75 Å². The molecule has 9 heteroatoms. The van der Waals surface area contributed by atoms with Crippen LogP contribution < -0.4 is 15.0 Å².